The molecule has 2 aromatic rings. The van der Waals surface area contributed by atoms with Gasteiger partial charge in [-0.15, -0.1) is 0 Å². The second-order valence-corrected chi connectivity index (χ2v) is 5.94. The van der Waals surface area contributed by atoms with Gasteiger partial charge >= 0.3 is 5.91 Å². The van der Waals surface area contributed by atoms with E-state index in [4.69, 9.17) is 11.6 Å². The van der Waals surface area contributed by atoms with Gasteiger partial charge in [0.05, 0.1) is 17.9 Å². The van der Waals surface area contributed by atoms with Crippen LogP contribution < -0.4 is 4.90 Å². The van der Waals surface area contributed by atoms with Crippen molar-refractivity contribution in [2.24, 2.45) is 0 Å². The minimum absolute atomic E-state index is 0.260. The number of carbonyl (C=O) groups excluding carboxylic acids is 2. The molecular weight excluding hydrogens is 319 g/mol. The maximum Gasteiger partial charge on any atom is 0.300 e. The van der Waals surface area contributed by atoms with Crippen LogP contribution in [0.3, 0.4) is 0 Å². The van der Waals surface area contributed by atoms with E-state index in [0.717, 1.165) is 5.56 Å². The second kappa shape index (κ2) is 6.10. The molecule has 0 N–H and O–H groups in total. The van der Waals surface area contributed by atoms with E-state index in [0.29, 0.717) is 22.8 Å². The highest BCUT2D eigenvalue weighted by atomic mass is 35.5. The summed E-state index contributed by atoms with van der Waals surface area (Å²) in [6.07, 6.45) is 0. The van der Waals surface area contributed by atoms with Crippen LogP contribution in [-0.4, -0.2) is 30.3 Å². The molecule has 1 amide bonds. The van der Waals surface area contributed by atoms with Crippen LogP contribution in [0.25, 0.3) is 0 Å². The first-order valence-electron chi connectivity index (χ1n) is 7.04. The summed E-state index contributed by atoms with van der Waals surface area (Å²) < 4.78 is 12.9. The molecule has 118 valence electrons. The number of Topliss-reactive ketones (excluding diaryl/α,β-unsaturated/α-hetero) is 1. The number of hydrogen-bond donors (Lipinski definition) is 0. The Bertz CT molecular complexity index is 777. The molecule has 6 heteroatoms. The van der Waals surface area contributed by atoms with Gasteiger partial charge in [-0.3, -0.25) is 19.4 Å². The minimum atomic E-state index is -0.562. The molecule has 1 heterocycles. The van der Waals surface area contributed by atoms with Crippen LogP contribution in [0.2, 0.25) is 5.02 Å². The Kier molecular flexibility index (Phi) is 4.15. The van der Waals surface area contributed by atoms with Crippen molar-refractivity contribution in [1.82, 2.24) is 4.90 Å². The molecular formula is C17H14ClFN2O2. The number of carbonyl (C=O) groups is 2. The van der Waals surface area contributed by atoms with Gasteiger partial charge in [-0.25, -0.2) is 4.39 Å². The normalized spacial score (nSPS) is 13.8. The lowest BCUT2D eigenvalue weighted by Crippen LogP contribution is -2.38. The van der Waals surface area contributed by atoms with Crippen LogP contribution in [0, 0.1) is 5.82 Å². The van der Waals surface area contributed by atoms with Gasteiger partial charge in [0, 0.05) is 11.6 Å². The predicted molar refractivity (Wildman–Crippen MR) is 86.0 cm³/mol. The molecule has 3 rings (SSSR count). The molecule has 0 bridgehead atoms. The van der Waals surface area contributed by atoms with Crippen molar-refractivity contribution < 1.29 is 14.0 Å². The summed E-state index contributed by atoms with van der Waals surface area (Å²) in [4.78, 5) is 27.5. The second-order valence-electron chi connectivity index (χ2n) is 5.51. The predicted octanol–water partition coefficient (Wildman–Crippen LogP) is 3.10. The summed E-state index contributed by atoms with van der Waals surface area (Å²) in [5.74, 6) is -1.39. The van der Waals surface area contributed by atoms with Crippen molar-refractivity contribution in [3.8, 4) is 0 Å². The molecule has 0 saturated carbocycles. The molecule has 2 aromatic carbocycles. The zero-order valence-corrected chi connectivity index (χ0v) is 13.2. The molecule has 23 heavy (non-hydrogen) atoms. The van der Waals surface area contributed by atoms with Crippen molar-refractivity contribution in [3.05, 3.63) is 64.4 Å². The van der Waals surface area contributed by atoms with Crippen LogP contribution in [0.15, 0.2) is 42.5 Å². The fraction of sp³-hybridized carbons (Fsp3) is 0.176. The summed E-state index contributed by atoms with van der Waals surface area (Å²) in [6.45, 7) is 0.789. The molecule has 1 aliphatic heterocycles. The zero-order valence-electron chi connectivity index (χ0n) is 12.4. The van der Waals surface area contributed by atoms with Crippen LogP contribution in [-0.2, 0) is 11.3 Å². The fourth-order valence-electron chi connectivity index (χ4n) is 2.61. The molecule has 0 spiro atoms. The Balaban J connectivity index is 1.76. The Morgan fingerprint density at radius 2 is 1.83 bits per heavy atom. The van der Waals surface area contributed by atoms with E-state index >= 15 is 0 Å². The van der Waals surface area contributed by atoms with Gasteiger partial charge in [0.25, 0.3) is 5.78 Å². The van der Waals surface area contributed by atoms with Crippen molar-refractivity contribution >= 4 is 29.0 Å². The highest BCUT2D eigenvalue weighted by Crippen LogP contribution is 2.31. The minimum Gasteiger partial charge on any atom is -0.291 e. The van der Waals surface area contributed by atoms with Crippen molar-refractivity contribution in [1.29, 1.82) is 0 Å². The SMILES string of the molecule is CN(Cc1ccc(F)cc1)CN1C(=O)C(=O)c2cc(Cl)ccc21. The summed E-state index contributed by atoms with van der Waals surface area (Å²) >= 11 is 5.89. The van der Waals surface area contributed by atoms with Gasteiger partial charge < -0.3 is 0 Å². The average Bonchev–Trinajstić information content (AvgIpc) is 2.74. The van der Waals surface area contributed by atoms with E-state index in [9.17, 15) is 14.0 Å². The van der Waals surface area contributed by atoms with E-state index in [2.05, 4.69) is 0 Å². The van der Waals surface area contributed by atoms with E-state index in [-0.39, 0.29) is 12.5 Å². The molecule has 4 nitrogen and oxygen atoms in total. The van der Waals surface area contributed by atoms with Crippen LogP contribution >= 0.6 is 11.6 Å². The molecule has 0 fully saturated rings. The van der Waals surface area contributed by atoms with Crippen LogP contribution in [0.4, 0.5) is 10.1 Å². The number of nitrogens with zero attached hydrogens (tertiary/aromatic N) is 2. The van der Waals surface area contributed by atoms with Gasteiger partial charge in [0.15, 0.2) is 0 Å². The monoisotopic (exact) mass is 332 g/mol. The fourth-order valence-corrected chi connectivity index (χ4v) is 2.78. The number of halogens is 2. The third-order valence-corrected chi connectivity index (χ3v) is 3.92. The standard InChI is InChI=1S/C17H14ClFN2O2/c1-20(9-11-2-5-13(19)6-3-11)10-21-15-7-4-12(18)8-14(15)16(22)17(21)23/h2-8H,9-10H2,1H3. The maximum absolute atomic E-state index is 12.9. The highest BCUT2D eigenvalue weighted by molar-refractivity contribution is 6.52. The summed E-state index contributed by atoms with van der Waals surface area (Å²) in [6, 6.07) is 11.0. The van der Waals surface area contributed by atoms with E-state index < -0.39 is 11.7 Å². The number of ketones is 1. The third kappa shape index (κ3) is 3.11. The van der Waals surface area contributed by atoms with Crippen LogP contribution in [0.5, 0.6) is 0 Å². The number of hydrogen-bond acceptors (Lipinski definition) is 3. The lowest BCUT2D eigenvalue weighted by Gasteiger charge is -2.24. The Hall–Kier alpha value is -2.24. The quantitative estimate of drug-likeness (QED) is 0.808. The van der Waals surface area contributed by atoms with Gasteiger partial charge in [-0.2, -0.15) is 0 Å². The summed E-state index contributed by atoms with van der Waals surface area (Å²) in [5.41, 5.74) is 1.82. The number of anilines is 1. The first-order chi connectivity index (χ1) is 11.0. The Morgan fingerprint density at radius 1 is 1.13 bits per heavy atom. The van der Waals surface area contributed by atoms with Crippen LogP contribution in [0.1, 0.15) is 15.9 Å². The molecule has 0 aliphatic carbocycles. The molecule has 0 saturated heterocycles. The van der Waals surface area contributed by atoms with Crippen molar-refractivity contribution in [3.63, 3.8) is 0 Å². The molecule has 0 atom stereocenters. The Morgan fingerprint density at radius 3 is 2.52 bits per heavy atom. The largest absolute Gasteiger partial charge is 0.300 e. The number of amides is 1. The van der Waals surface area contributed by atoms with E-state index in [1.54, 1.807) is 24.3 Å². The van der Waals surface area contributed by atoms with Crippen molar-refractivity contribution in [2.75, 3.05) is 18.6 Å². The maximum atomic E-state index is 12.9. The topological polar surface area (TPSA) is 40.6 Å². The number of benzene rings is 2. The molecule has 0 radical (unpaired) electrons. The number of fused-ring (bicyclic) bond motifs is 1. The smallest absolute Gasteiger partial charge is 0.291 e. The van der Waals surface area contributed by atoms with Crippen molar-refractivity contribution in [2.45, 2.75) is 6.54 Å². The zero-order chi connectivity index (χ0) is 16.6. The first kappa shape index (κ1) is 15.6. The Labute approximate surface area is 138 Å². The molecule has 0 unspecified atom stereocenters. The lowest BCUT2D eigenvalue weighted by atomic mass is 10.1. The van der Waals surface area contributed by atoms with Gasteiger partial charge in [-0.1, -0.05) is 23.7 Å². The average molecular weight is 333 g/mol. The highest BCUT2D eigenvalue weighted by Gasteiger charge is 2.36. The first-order valence-corrected chi connectivity index (χ1v) is 7.42. The summed E-state index contributed by atoms with van der Waals surface area (Å²) in [5, 5.41) is 0.423. The molecule has 0 aromatic heterocycles. The van der Waals surface area contributed by atoms with E-state index in [1.807, 2.05) is 11.9 Å². The summed E-state index contributed by atoms with van der Waals surface area (Å²) in [7, 11) is 1.83. The van der Waals surface area contributed by atoms with Gasteiger partial charge in [-0.05, 0) is 42.9 Å². The van der Waals surface area contributed by atoms with Gasteiger partial charge in [0.1, 0.15) is 5.82 Å². The number of rotatable bonds is 4. The lowest BCUT2D eigenvalue weighted by molar-refractivity contribution is -0.114. The third-order valence-electron chi connectivity index (χ3n) is 3.68. The van der Waals surface area contributed by atoms with Gasteiger partial charge in [0.2, 0.25) is 0 Å². The van der Waals surface area contributed by atoms with E-state index in [1.165, 1.54) is 23.1 Å². The molecule has 1 aliphatic rings.